The van der Waals surface area contributed by atoms with E-state index in [0.717, 1.165) is 6.42 Å². The molecule has 0 radical (unpaired) electrons. The van der Waals surface area contributed by atoms with Crippen molar-refractivity contribution in [2.24, 2.45) is 5.73 Å². The molecule has 0 saturated heterocycles. The van der Waals surface area contributed by atoms with Crippen molar-refractivity contribution in [3.05, 3.63) is 0 Å². The maximum Gasteiger partial charge on any atom is 0.221 e. The van der Waals surface area contributed by atoms with Gasteiger partial charge in [0.15, 0.2) is 0 Å². The fourth-order valence-corrected chi connectivity index (χ4v) is 0.871. The Morgan fingerprint density at radius 1 is 1.75 bits per heavy atom. The number of nitrogens with one attached hydrogen (secondary N) is 1. The van der Waals surface area contributed by atoms with E-state index in [4.69, 9.17) is 12.2 Å². The summed E-state index contributed by atoms with van der Waals surface area (Å²) < 4.78 is 0. The molecule has 0 aliphatic heterocycles. The van der Waals surface area contributed by atoms with E-state index in [1.165, 1.54) is 0 Å². The van der Waals surface area contributed by atoms with Crippen LogP contribution in [-0.4, -0.2) is 18.5 Å². The second-order valence-corrected chi connectivity index (χ2v) is 2.62. The monoisotopic (exact) mass is 168 g/mol. The van der Waals surface area contributed by atoms with E-state index in [-0.39, 0.29) is 11.9 Å². The first-order valence-electron chi connectivity index (χ1n) is 4.17. The Labute approximate surface area is 73.7 Å². The SMILES string of the molecule is C#CCC(CC)NC(=O)CCN. The molecule has 12 heavy (non-hydrogen) atoms. The van der Waals surface area contributed by atoms with E-state index in [1.807, 2.05) is 6.92 Å². The van der Waals surface area contributed by atoms with Crippen LogP contribution in [0.4, 0.5) is 0 Å². The van der Waals surface area contributed by atoms with Crippen molar-refractivity contribution in [1.29, 1.82) is 0 Å². The molecule has 0 heterocycles. The molecule has 0 spiro atoms. The average molecular weight is 168 g/mol. The molecule has 68 valence electrons. The van der Waals surface area contributed by atoms with Gasteiger partial charge in [-0.05, 0) is 6.42 Å². The predicted octanol–water partition coefficient (Wildman–Crippen LogP) is 0.253. The van der Waals surface area contributed by atoms with Crippen LogP contribution in [0.5, 0.6) is 0 Å². The molecular weight excluding hydrogens is 152 g/mol. The molecule has 1 atom stereocenters. The number of hydrogen-bond acceptors (Lipinski definition) is 2. The minimum Gasteiger partial charge on any atom is -0.352 e. The Balaban J connectivity index is 3.70. The molecule has 1 amide bonds. The summed E-state index contributed by atoms with van der Waals surface area (Å²) in [5.41, 5.74) is 5.22. The second kappa shape index (κ2) is 6.68. The Hall–Kier alpha value is -1.01. The van der Waals surface area contributed by atoms with E-state index in [2.05, 4.69) is 11.2 Å². The highest BCUT2D eigenvalue weighted by molar-refractivity contribution is 5.76. The molecule has 3 nitrogen and oxygen atoms in total. The van der Waals surface area contributed by atoms with Crippen LogP contribution in [-0.2, 0) is 4.79 Å². The molecule has 0 saturated carbocycles. The third-order valence-corrected chi connectivity index (χ3v) is 1.59. The highest BCUT2D eigenvalue weighted by atomic mass is 16.1. The first kappa shape index (κ1) is 11.0. The summed E-state index contributed by atoms with van der Waals surface area (Å²) in [6.07, 6.45) is 6.96. The Kier molecular flexibility index (Phi) is 6.12. The minimum absolute atomic E-state index is 0.0143. The van der Waals surface area contributed by atoms with Crippen molar-refractivity contribution < 1.29 is 4.79 Å². The van der Waals surface area contributed by atoms with Crippen molar-refractivity contribution in [1.82, 2.24) is 5.32 Å². The van der Waals surface area contributed by atoms with Crippen molar-refractivity contribution >= 4 is 5.91 Å². The molecule has 0 aromatic carbocycles. The van der Waals surface area contributed by atoms with E-state index < -0.39 is 0 Å². The summed E-state index contributed by atoms with van der Waals surface area (Å²) in [5.74, 6) is 2.51. The number of nitrogens with two attached hydrogens (primary N) is 1. The lowest BCUT2D eigenvalue weighted by Crippen LogP contribution is -2.35. The number of rotatable bonds is 5. The molecule has 3 heteroatoms. The number of carbonyl (C=O) groups is 1. The van der Waals surface area contributed by atoms with Crippen LogP contribution >= 0.6 is 0 Å². The highest BCUT2D eigenvalue weighted by Crippen LogP contribution is 1.95. The van der Waals surface area contributed by atoms with Crippen LogP contribution in [0.15, 0.2) is 0 Å². The van der Waals surface area contributed by atoms with Crippen LogP contribution in [0.2, 0.25) is 0 Å². The van der Waals surface area contributed by atoms with Gasteiger partial charge in [0.2, 0.25) is 5.91 Å². The first-order valence-corrected chi connectivity index (χ1v) is 4.17. The normalized spacial score (nSPS) is 11.8. The average Bonchev–Trinajstić information content (AvgIpc) is 2.04. The lowest BCUT2D eigenvalue weighted by molar-refractivity contribution is -0.121. The van der Waals surface area contributed by atoms with Crippen LogP contribution < -0.4 is 11.1 Å². The minimum atomic E-state index is -0.0143. The van der Waals surface area contributed by atoms with Crippen LogP contribution in [0, 0.1) is 12.3 Å². The van der Waals surface area contributed by atoms with E-state index in [1.54, 1.807) is 0 Å². The zero-order valence-electron chi connectivity index (χ0n) is 7.47. The van der Waals surface area contributed by atoms with Crippen LogP contribution in [0.25, 0.3) is 0 Å². The molecular formula is C9H16N2O. The van der Waals surface area contributed by atoms with Crippen molar-refractivity contribution in [3.8, 4) is 12.3 Å². The topological polar surface area (TPSA) is 55.1 Å². The number of terminal acetylenes is 1. The molecule has 1 unspecified atom stereocenters. The summed E-state index contributed by atoms with van der Waals surface area (Å²) in [5, 5.41) is 2.81. The lowest BCUT2D eigenvalue weighted by atomic mass is 10.1. The Morgan fingerprint density at radius 3 is 2.83 bits per heavy atom. The highest BCUT2D eigenvalue weighted by Gasteiger charge is 2.07. The molecule has 0 aromatic heterocycles. The number of hydrogen-bond donors (Lipinski definition) is 2. The van der Waals surface area contributed by atoms with Gasteiger partial charge >= 0.3 is 0 Å². The maximum absolute atomic E-state index is 11.0. The van der Waals surface area contributed by atoms with Gasteiger partial charge in [0.05, 0.1) is 0 Å². The molecule has 0 aromatic rings. The summed E-state index contributed by atoms with van der Waals surface area (Å²) in [7, 11) is 0. The molecule has 0 rings (SSSR count). The van der Waals surface area contributed by atoms with Gasteiger partial charge < -0.3 is 11.1 Å². The van der Waals surface area contributed by atoms with Crippen molar-refractivity contribution in [2.45, 2.75) is 32.2 Å². The van der Waals surface area contributed by atoms with E-state index in [9.17, 15) is 4.79 Å². The smallest absolute Gasteiger partial charge is 0.221 e. The van der Waals surface area contributed by atoms with Gasteiger partial charge in [-0.3, -0.25) is 4.79 Å². The molecule has 0 fully saturated rings. The fourth-order valence-electron chi connectivity index (χ4n) is 0.871. The fraction of sp³-hybridized carbons (Fsp3) is 0.667. The summed E-state index contributed by atoms with van der Waals surface area (Å²) in [6, 6.07) is 0.106. The maximum atomic E-state index is 11.0. The van der Waals surface area contributed by atoms with Gasteiger partial charge in [-0.2, -0.15) is 0 Å². The zero-order chi connectivity index (χ0) is 9.40. The van der Waals surface area contributed by atoms with Crippen LogP contribution in [0.1, 0.15) is 26.2 Å². The van der Waals surface area contributed by atoms with Crippen molar-refractivity contribution in [3.63, 3.8) is 0 Å². The van der Waals surface area contributed by atoms with Crippen LogP contribution in [0.3, 0.4) is 0 Å². The number of carbonyl (C=O) groups excluding carboxylic acids is 1. The third kappa shape index (κ3) is 4.75. The van der Waals surface area contributed by atoms with E-state index >= 15 is 0 Å². The van der Waals surface area contributed by atoms with Gasteiger partial charge in [0.1, 0.15) is 0 Å². The molecule has 0 aliphatic rings. The number of amides is 1. The second-order valence-electron chi connectivity index (χ2n) is 2.62. The summed E-state index contributed by atoms with van der Waals surface area (Å²) in [4.78, 5) is 11.0. The standard InChI is InChI=1S/C9H16N2O/c1-3-5-8(4-2)11-9(12)6-7-10/h1,8H,4-7,10H2,2H3,(H,11,12). The van der Waals surface area contributed by atoms with Crippen molar-refractivity contribution in [2.75, 3.05) is 6.54 Å². The largest absolute Gasteiger partial charge is 0.352 e. The van der Waals surface area contributed by atoms with Gasteiger partial charge in [-0.1, -0.05) is 6.92 Å². The quantitative estimate of drug-likeness (QED) is 0.578. The third-order valence-electron chi connectivity index (χ3n) is 1.59. The first-order chi connectivity index (χ1) is 5.74. The molecule has 3 N–H and O–H groups in total. The molecule has 0 aliphatic carbocycles. The Morgan fingerprint density at radius 2 is 2.42 bits per heavy atom. The van der Waals surface area contributed by atoms with E-state index in [0.29, 0.717) is 19.4 Å². The zero-order valence-corrected chi connectivity index (χ0v) is 7.47. The Bertz CT molecular complexity index is 172. The van der Waals surface area contributed by atoms with Gasteiger partial charge in [-0.25, -0.2) is 0 Å². The van der Waals surface area contributed by atoms with Gasteiger partial charge in [0.25, 0.3) is 0 Å². The summed E-state index contributed by atoms with van der Waals surface area (Å²) in [6.45, 7) is 2.38. The van der Waals surface area contributed by atoms with Gasteiger partial charge in [-0.15, -0.1) is 12.3 Å². The predicted molar refractivity (Wildman–Crippen MR) is 49.3 cm³/mol. The summed E-state index contributed by atoms with van der Waals surface area (Å²) >= 11 is 0. The van der Waals surface area contributed by atoms with Gasteiger partial charge in [0, 0.05) is 25.4 Å². The lowest BCUT2D eigenvalue weighted by Gasteiger charge is -2.13. The molecule has 0 bridgehead atoms.